The number of rotatable bonds is 7. The van der Waals surface area contributed by atoms with Crippen molar-refractivity contribution in [2.45, 2.75) is 13.0 Å². The Morgan fingerprint density at radius 3 is 2.74 bits per heavy atom. The molecule has 1 amide bonds. The molecule has 0 aliphatic carbocycles. The lowest BCUT2D eigenvalue weighted by molar-refractivity contribution is -0.140. The van der Waals surface area contributed by atoms with Gasteiger partial charge in [0.2, 0.25) is 0 Å². The van der Waals surface area contributed by atoms with Crippen molar-refractivity contribution in [3.8, 4) is 0 Å². The Bertz CT molecular complexity index is 703. The number of hydrogen-bond donors (Lipinski definition) is 1. The van der Waals surface area contributed by atoms with E-state index in [0.717, 1.165) is 10.7 Å². The van der Waals surface area contributed by atoms with Gasteiger partial charge in [-0.1, -0.05) is 12.1 Å². The highest BCUT2D eigenvalue weighted by atomic mass is 32.1. The fourth-order valence-electron chi connectivity index (χ4n) is 1.95. The molecule has 0 radical (unpaired) electrons. The number of nitrogens with one attached hydrogen (secondary N) is 1. The molecule has 0 aliphatic heterocycles. The molecular formula is C16H19N3O3S. The number of esters is 1. The smallest absolute Gasteiger partial charge is 0.307 e. The Balaban J connectivity index is 1.88. The predicted molar refractivity (Wildman–Crippen MR) is 89.6 cm³/mol. The summed E-state index contributed by atoms with van der Waals surface area (Å²) in [6.45, 7) is 0.882. The van der Waals surface area contributed by atoms with Crippen LogP contribution < -0.4 is 10.2 Å². The molecule has 0 saturated carbocycles. The standard InChI is InChI=1S/C16H19N3O3S/c1-19(16-18-9-10-23-16)11-12-3-5-13(6-4-12)15(21)17-8-7-14(20)22-2/h3-6,9-10H,7-8,11H2,1-2H3,(H,17,21)/i9D. The Kier molecular flexibility index (Phi) is 5.58. The average Bonchev–Trinajstić information content (AvgIpc) is 3.01. The van der Waals surface area contributed by atoms with Gasteiger partial charge in [0.1, 0.15) is 0 Å². The Morgan fingerprint density at radius 1 is 1.39 bits per heavy atom. The van der Waals surface area contributed by atoms with Gasteiger partial charge in [0.05, 0.1) is 14.9 Å². The van der Waals surface area contributed by atoms with Crippen molar-refractivity contribution in [3.63, 3.8) is 0 Å². The van der Waals surface area contributed by atoms with Crippen molar-refractivity contribution < 1.29 is 15.7 Å². The van der Waals surface area contributed by atoms with E-state index in [0.29, 0.717) is 12.1 Å². The summed E-state index contributed by atoms with van der Waals surface area (Å²) in [7, 11) is 3.22. The van der Waals surface area contributed by atoms with Gasteiger partial charge in [0.15, 0.2) is 5.13 Å². The summed E-state index contributed by atoms with van der Waals surface area (Å²) < 4.78 is 12.0. The van der Waals surface area contributed by atoms with E-state index in [9.17, 15) is 9.59 Å². The lowest BCUT2D eigenvalue weighted by Crippen LogP contribution is -2.26. The molecule has 0 aliphatic rings. The first-order chi connectivity index (χ1) is 11.5. The second-order valence-corrected chi connectivity index (χ2v) is 5.73. The third-order valence-electron chi connectivity index (χ3n) is 3.18. The van der Waals surface area contributed by atoms with Crippen LogP contribution >= 0.6 is 11.3 Å². The molecule has 0 saturated heterocycles. The lowest BCUT2D eigenvalue weighted by atomic mass is 10.1. The predicted octanol–water partition coefficient (Wildman–Crippen LogP) is 2.07. The maximum atomic E-state index is 12.0. The number of nitrogens with zero attached hydrogens (tertiary/aromatic N) is 2. The summed E-state index contributed by atoms with van der Waals surface area (Å²) in [5.41, 5.74) is 1.57. The average molecular weight is 334 g/mol. The van der Waals surface area contributed by atoms with Crippen LogP contribution in [0.25, 0.3) is 0 Å². The molecule has 0 atom stereocenters. The molecule has 2 rings (SSSR count). The van der Waals surface area contributed by atoms with Gasteiger partial charge >= 0.3 is 5.97 Å². The summed E-state index contributed by atoms with van der Waals surface area (Å²) in [5.74, 6) is -0.579. The molecule has 0 bridgehead atoms. The summed E-state index contributed by atoms with van der Waals surface area (Å²) in [6, 6.07) is 7.24. The van der Waals surface area contributed by atoms with Crippen LogP contribution in [0, 0.1) is 0 Å². The molecule has 0 spiro atoms. The highest BCUT2D eigenvalue weighted by molar-refractivity contribution is 7.13. The fraction of sp³-hybridized carbons (Fsp3) is 0.312. The van der Waals surface area contributed by atoms with Crippen LogP contribution in [-0.2, 0) is 16.1 Å². The van der Waals surface area contributed by atoms with Crippen LogP contribution in [0.3, 0.4) is 0 Å². The van der Waals surface area contributed by atoms with E-state index in [2.05, 4.69) is 15.0 Å². The zero-order chi connectivity index (χ0) is 17.5. The van der Waals surface area contributed by atoms with Gasteiger partial charge in [0.25, 0.3) is 5.91 Å². The first kappa shape index (κ1) is 15.5. The van der Waals surface area contributed by atoms with Crippen LogP contribution in [0.2, 0.25) is 0 Å². The van der Waals surface area contributed by atoms with Gasteiger partial charge < -0.3 is 15.0 Å². The number of amides is 1. The van der Waals surface area contributed by atoms with Crippen LogP contribution in [0.4, 0.5) is 5.13 Å². The number of benzene rings is 1. The molecule has 23 heavy (non-hydrogen) atoms. The summed E-state index contributed by atoms with van der Waals surface area (Å²) >= 11 is 1.42. The number of aromatic nitrogens is 1. The fourth-order valence-corrected chi connectivity index (χ4v) is 2.51. The highest BCUT2D eigenvalue weighted by Crippen LogP contribution is 2.18. The van der Waals surface area contributed by atoms with Gasteiger partial charge in [-0.2, -0.15) is 0 Å². The molecule has 1 heterocycles. The largest absolute Gasteiger partial charge is 0.469 e. The third kappa shape index (κ3) is 5.07. The van der Waals surface area contributed by atoms with E-state index in [1.807, 2.05) is 24.1 Å². The number of methoxy groups -OCH3 is 1. The van der Waals surface area contributed by atoms with E-state index < -0.39 is 0 Å². The molecule has 0 fully saturated rings. The van der Waals surface area contributed by atoms with E-state index in [1.54, 1.807) is 17.5 Å². The number of thiazole rings is 1. The van der Waals surface area contributed by atoms with Crippen LogP contribution in [0.15, 0.2) is 35.8 Å². The topological polar surface area (TPSA) is 71.5 Å². The molecule has 1 aromatic carbocycles. The molecule has 1 N–H and O–H groups in total. The molecule has 0 unspecified atom stereocenters. The minimum atomic E-state index is -0.355. The Labute approximate surface area is 140 Å². The maximum Gasteiger partial charge on any atom is 0.307 e. The Hall–Kier alpha value is -2.41. The van der Waals surface area contributed by atoms with Crippen molar-refractivity contribution >= 4 is 28.3 Å². The number of hydrogen-bond acceptors (Lipinski definition) is 6. The monoisotopic (exact) mass is 334 g/mol. The zero-order valence-electron chi connectivity index (χ0n) is 14.0. The number of anilines is 1. The summed E-state index contributed by atoms with van der Waals surface area (Å²) in [6.07, 6.45) is 0.414. The summed E-state index contributed by atoms with van der Waals surface area (Å²) in [4.78, 5) is 29.0. The molecule has 2 aromatic rings. The van der Waals surface area contributed by atoms with Crippen molar-refractivity contribution in [2.24, 2.45) is 0 Å². The second-order valence-electron chi connectivity index (χ2n) is 4.89. The highest BCUT2D eigenvalue weighted by Gasteiger charge is 2.08. The SMILES string of the molecule is [2H]c1csc(N(C)Cc2ccc(C(=O)NCCC(=O)OC)cc2)n1. The minimum Gasteiger partial charge on any atom is -0.469 e. The molecule has 6 nitrogen and oxygen atoms in total. The number of carbonyl (C=O) groups excluding carboxylic acids is 2. The van der Waals surface area contributed by atoms with Gasteiger partial charge in [-0.05, 0) is 17.7 Å². The molecule has 1 aromatic heterocycles. The molecule has 7 heteroatoms. The van der Waals surface area contributed by atoms with Gasteiger partial charge in [0, 0.05) is 37.3 Å². The summed E-state index contributed by atoms with van der Waals surface area (Å²) in [5, 5.41) is 5.14. The Morgan fingerprint density at radius 2 is 2.13 bits per heavy atom. The third-order valence-corrected chi connectivity index (χ3v) is 4.02. The van der Waals surface area contributed by atoms with E-state index in [4.69, 9.17) is 1.37 Å². The normalized spacial score (nSPS) is 10.8. The second kappa shape index (κ2) is 8.28. The van der Waals surface area contributed by atoms with E-state index >= 15 is 0 Å². The van der Waals surface area contributed by atoms with Crippen molar-refractivity contribution in [2.75, 3.05) is 25.6 Å². The van der Waals surface area contributed by atoms with Crippen LogP contribution in [-0.4, -0.2) is 37.6 Å². The van der Waals surface area contributed by atoms with Crippen molar-refractivity contribution in [1.29, 1.82) is 0 Å². The lowest BCUT2D eigenvalue weighted by Gasteiger charge is -2.15. The van der Waals surface area contributed by atoms with Gasteiger partial charge in [-0.3, -0.25) is 9.59 Å². The van der Waals surface area contributed by atoms with E-state index in [1.165, 1.54) is 18.4 Å². The van der Waals surface area contributed by atoms with Crippen molar-refractivity contribution in [1.82, 2.24) is 10.3 Å². The quantitative estimate of drug-likeness (QED) is 0.785. The van der Waals surface area contributed by atoms with Crippen molar-refractivity contribution in [3.05, 3.63) is 46.9 Å². The van der Waals surface area contributed by atoms with Crippen LogP contribution in [0.1, 0.15) is 23.7 Å². The van der Waals surface area contributed by atoms with Crippen LogP contribution in [0.5, 0.6) is 0 Å². The molecule has 122 valence electrons. The number of ether oxygens (including phenoxy) is 1. The minimum absolute atomic E-state index is 0.150. The number of carbonyl (C=O) groups is 2. The first-order valence-corrected chi connectivity index (χ1v) is 7.95. The maximum absolute atomic E-state index is 12.0. The van der Waals surface area contributed by atoms with E-state index in [-0.39, 0.29) is 31.0 Å². The van der Waals surface area contributed by atoms with Gasteiger partial charge in [-0.15, -0.1) is 11.3 Å². The zero-order valence-corrected chi connectivity index (χ0v) is 13.9. The van der Waals surface area contributed by atoms with Gasteiger partial charge in [-0.25, -0.2) is 4.98 Å². The first-order valence-electron chi connectivity index (χ1n) is 7.57. The molecular weight excluding hydrogens is 314 g/mol.